The van der Waals surface area contributed by atoms with Crippen LogP contribution in [0.3, 0.4) is 0 Å². The third kappa shape index (κ3) is 8.14. The Morgan fingerprint density at radius 3 is 2.50 bits per heavy atom. The largest absolute Gasteiger partial charge is 0.508 e. The van der Waals surface area contributed by atoms with E-state index >= 15 is 0 Å². The van der Waals surface area contributed by atoms with E-state index in [1.165, 1.54) is 12.1 Å². The van der Waals surface area contributed by atoms with Gasteiger partial charge in [0.1, 0.15) is 17.9 Å². The summed E-state index contributed by atoms with van der Waals surface area (Å²) in [5.41, 5.74) is 9.25. The zero-order valence-corrected chi connectivity index (χ0v) is 17.1. The first-order valence-corrected chi connectivity index (χ1v) is 9.93. The van der Waals surface area contributed by atoms with Gasteiger partial charge in [0.15, 0.2) is 0 Å². The maximum atomic E-state index is 12.9. The van der Waals surface area contributed by atoms with Crippen molar-refractivity contribution in [1.82, 2.24) is 5.32 Å². The van der Waals surface area contributed by atoms with Crippen LogP contribution in [-0.4, -0.2) is 58.1 Å². The fourth-order valence-electron chi connectivity index (χ4n) is 2.73. The van der Waals surface area contributed by atoms with Crippen LogP contribution in [0.2, 0.25) is 0 Å². The third-order valence-electron chi connectivity index (χ3n) is 4.36. The third-order valence-corrected chi connectivity index (χ3v) is 4.36. The summed E-state index contributed by atoms with van der Waals surface area (Å²) in [4.78, 5) is 39.6. The molecule has 0 radical (unpaired) electrons. The van der Waals surface area contributed by atoms with E-state index in [4.69, 9.17) is 15.0 Å². The van der Waals surface area contributed by atoms with Crippen LogP contribution in [0.25, 0.3) is 5.53 Å². The molecule has 0 bridgehead atoms. The van der Waals surface area contributed by atoms with Crippen molar-refractivity contribution < 1.29 is 33.8 Å². The first-order valence-electron chi connectivity index (χ1n) is 9.93. The summed E-state index contributed by atoms with van der Waals surface area (Å²) in [5.74, 6) is -1.50. The predicted molar refractivity (Wildman–Crippen MR) is 107 cm³/mol. The van der Waals surface area contributed by atoms with Crippen LogP contribution >= 0.6 is 0 Å². The van der Waals surface area contributed by atoms with Crippen molar-refractivity contribution in [1.29, 1.82) is 0 Å². The molecule has 2 N–H and O–H groups in total. The van der Waals surface area contributed by atoms with Gasteiger partial charge in [0.25, 0.3) is 0 Å². The minimum absolute atomic E-state index is 0.00118. The number of amides is 1. The molecule has 1 saturated carbocycles. The second-order valence-corrected chi connectivity index (χ2v) is 7.49. The number of hydrogen-bond donors (Lipinski definition) is 2. The van der Waals surface area contributed by atoms with Gasteiger partial charge in [-0.1, -0.05) is 12.1 Å². The lowest BCUT2D eigenvalue weighted by molar-refractivity contribution is -0.153. The van der Waals surface area contributed by atoms with Crippen molar-refractivity contribution in [2.75, 3.05) is 0 Å². The Hall–Kier alpha value is -3.03. The number of nitrogens with zero attached hydrogens (tertiary/aromatic N) is 2. The van der Waals surface area contributed by atoms with Gasteiger partial charge in [-0.2, -0.15) is 4.79 Å². The SMILES string of the molecule is CC(C)OC(=O)[C@H](CCC(=O)C=[N+]=[N-])NC(=O)[C@H](Cc1ccc(O)cc1)OC1CC1. The summed E-state index contributed by atoms with van der Waals surface area (Å²) < 4.78 is 11.0. The Labute approximate surface area is 175 Å². The smallest absolute Gasteiger partial charge is 0.328 e. The fraction of sp³-hybridized carbons (Fsp3) is 0.524. The first kappa shape index (κ1) is 23.3. The number of phenolic OH excluding ortho intramolecular Hbond substituents is 1. The Kier molecular flexibility index (Phi) is 8.70. The summed E-state index contributed by atoms with van der Waals surface area (Å²) in [6.07, 6.45) is 1.43. The van der Waals surface area contributed by atoms with E-state index in [1.807, 2.05) is 0 Å². The molecule has 2 rings (SSSR count). The highest BCUT2D eigenvalue weighted by Crippen LogP contribution is 2.26. The van der Waals surface area contributed by atoms with Gasteiger partial charge in [0.2, 0.25) is 11.7 Å². The average molecular weight is 417 g/mol. The van der Waals surface area contributed by atoms with Gasteiger partial charge in [-0.25, -0.2) is 4.79 Å². The highest BCUT2D eigenvalue weighted by atomic mass is 16.5. The molecule has 0 saturated heterocycles. The number of benzene rings is 1. The van der Waals surface area contributed by atoms with E-state index in [9.17, 15) is 19.5 Å². The van der Waals surface area contributed by atoms with Crippen LogP contribution in [0.1, 0.15) is 45.1 Å². The Morgan fingerprint density at radius 1 is 1.27 bits per heavy atom. The molecular formula is C21H27N3O6. The summed E-state index contributed by atoms with van der Waals surface area (Å²) in [6.45, 7) is 3.37. The van der Waals surface area contributed by atoms with Gasteiger partial charge in [-0.15, -0.1) is 0 Å². The molecule has 9 nitrogen and oxygen atoms in total. The normalized spacial score (nSPS) is 15.0. The van der Waals surface area contributed by atoms with Crippen molar-refractivity contribution in [2.45, 2.75) is 70.3 Å². The summed E-state index contributed by atoms with van der Waals surface area (Å²) >= 11 is 0. The Bertz CT molecular complexity index is 797. The molecule has 0 unspecified atom stereocenters. The van der Waals surface area contributed by atoms with E-state index in [2.05, 4.69) is 10.1 Å². The maximum absolute atomic E-state index is 12.9. The standard InChI is InChI=1S/C21H27N3O6/c1-13(2)29-21(28)18(10-7-16(26)12-23-22)24-20(27)19(30-17-8-9-17)11-14-3-5-15(25)6-4-14/h3-6,12-13,17-19,25H,7-11H2,1-2H3,(H,24,27)/t18-,19-/m0/s1. The zero-order chi connectivity index (χ0) is 22.1. The second kappa shape index (κ2) is 11.2. The van der Waals surface area contributed by atoms with Crippen molar-refractivity contribution in [3.05, 3.63) is 35.4 Å². The molecule has 1 aromatic rings. The van der Waals surface area contributed by atoms with Gasteiger partial charge < -0.3 is 25.4 Å². The van der Waals surface area contributed by atoms with E-state index in [1.54, 1.807) is 26.0 Å². The molecule has 2 atom stereocenters. The molecule has 0 heterocycles. The van der Waals surface area contributed by atoms with Gasteiger partial charge in [-0.3, -0.25) is 9.59 Å². The number of nitrogens with one attached hydrogen (secondary N) is 1. The van der Waals surface area contributed by atoms with E-state index in [0.717, 1.165) is 24.6 Å². The van der Waals surface area contributed by atoms with Crippen LogP contribution in [0, 0.1) is 0 Å². The zero-order valence-electron chi connectivity index (χ0n) is 17.1. The Morgan fingerprint density at radius 2 is 1.93 bits per heavy atom. The van der Waals surface area contributed by atoms with Crippen molar-refractivity contribution in [3.63, 3.8) is 0 Å². The molecule has 0 aromatic heterocycles. The molecule has 0 spiro atoms. The number of esters is 1. The van der Waals surface area contributed by atoms with Gasteiger partial charge >= 0.3 is 12.2 Å². The van der Waals surface area contributed by atoms with Gasteiger partial charge in [0, 0.05) is 12.8 Å². The molecule has 1 aliphatic rings. The number of ether oxygens (including phenoxy) is 2. The van der Waals surface area contributed by atoms with Crippen molar-refractivity contribution in [3.8, 4) is 5.75 Å². The van der Waals surface area contributed by atoms with E-state index < -0.39 is 29.8 Å². The number of hydrogen-bond acceptors (Lipinski definition) is 6. The predicted octanol–water partition coefficient (Wildman–Crippen LogP) is 1.57. The topological polar surface area (TPSA) is 138 Å². The van der Waals surface area contributed by atoms with Gasteiger partial charge in [-0.05, 0) is 50.8 Å². The molecule has 162 valence electrons. The molecule has 1 aliphatic carbocycles. The number of carbonyl (C=O) groups excluding carboxylic acids is 3. The molecule has 1 aromatic carbocycles. The lowest BCUT2D eigenvalue weighted by atomic mass is 10.1. The van der Waals surface area contributed by atoms with Crippen molar-refractivity contribution in [2.24, 2.45) is 0 Å². The molecular weight excluding hydrogens is 390 g/mol. The quantitative estimate of drug-likeness (QED) is 0.229. The minimum atomic E-state index is -1.04. The monoisotopic (exact) mass is 417 g/mol. The first-order chi connectivity index (χ1) is 14.3. The lowest BCUT2D eigenvalue weighted by Crippen LogP contribution is -2.48. The summed E-state index contributed by atoms with van der Waals surface area (Å²) in [5, 5.41) is 12.1. The fourth-order valence-corrected chi connectivity index (χ4v) is 2.73. The number of ketones is 1. The molecule has 1 fully saturated rings. The number of phenols is 1. The molecule has 1 amide bonds. The molecule has 9 heteroatoms. The van der Waals surface area contributed by atoms with Crippen LogP contribution in [0.4, 0.5) is 0 Å². The number of carbonyl (C=O) groups is 3. The van der Waals surface area contributed by atoms with Crippen LogP contribution < -0.4 is 5.32 Å². The Balaban J connectivity index is 2.08. The second-order valence-electron chi connectivity index (χ2n) is 7.49. The average Bonchev–Trinajstić information content (AvgIpc) is 3.50. The number of rotatable bonds is 12. The van der Waals surface area contributed by atoms with E-state index in [0.29, 0.717) is 0 Å². The lowest BCUT2D eigenvalue weighted by Gasteiger charge is -2.23. The highest BCUT2D eigenvalue weighted by Gasteiger charge is 2.33. The molecule has 30 heavy (non-hydrogen) atoms. The van der Waals surface area contributed by atoms with E-state index in [-0.39, 0.29) is 37.2 Å². The highest BCUT2D eigenvalue weighted by molar-refractivity contribution is 6.25. The molecule has 0 aliphatic heterocycles. The maximum Gasteiger partial charge on any atom is 0.328 e. The van der Waals surface area contributed by atoms with Gasteiger partial charge in [0.05, 0.1) is 12.2 Å². The minimum Gasteiger partial charge on any atom is -0.508 e. The number of Topliss-reactive ketones (excluding diaryl/α,β-unsaturated/α-hetero) is 1. The number of aromatic hydroxyl groups is 1. The summed E-state index contributed by atoms with van der Waals surface area (Å²) in [7, 11) is 0. The van der Waals surface area contributed by atoms with Crippen LogP contribution in [-0.2, 0) is 30.3 Å². The van der Waals surface area contributed by atoms with Crippen LogP contribution in [0.15, 0.2) is 24.3 Å². The summed E-state index contributed by atoms with van der Waals surface area (Å²) in [6, 6.07) is 5.41. The van der Waals surface area contributed by atoms with Crippen LogP contribution in [0.5, 0.6) is 5.75 Å². The van der Waals surface area contributed by atoms with Crippen molar-refractivity contribution >= 4 is 23.9 Å².